The van der Waals surface area contributed by atoms with Crippen LogP contribution in [0.5, 0.6) is 0 Å². The average Bonchev–Trinajstić information content (AvgIpc) is 3.26. The van der Waals surface area contributed by atoms with Gasteiger partial charge in [-0.3, -0.25) is 14.8 Å². The van der Waals surface area contributed by atoms with Crippen LogP contribution in [0.25, 0.3) is 11.5 Å². The summed E-state index contributed by atoms with van der Waals surface area (Å²) in [5.74, 6) is -0.861. The third kappa shape index (κ3) is 3.14. The predicted octanol–water partition coefficient (Wildman–Crippen LogP) is 1.83. The Morgan fingerprint density at radius 1 is 1.38 bits per heavy atom. The monoisotopic (exact) mass is 327 g/mol. The van der Waals surface area contributed by atoms with Crippen molar-refractivity contribution < 1.29 is 19.1 Å². The van der Waals surface area contributed by atoms with Crippen molar-refractivity contribution in [3.05, 3.63) is 48.6 Å². The Balaban J connectivity index is 1.74. The molecule has 9 heteroatoms. The fourth-order valence-electron chi connectivity index (χ4n) is 1.98. The zero-order valence-corrected chi connectivity index (χ0v) is 12.6. The number of nitrogens with zero attached hydrogens (tertiary/aromatic N) is 4. The van der Waals surface area contributed by atoms with Gasteiger partial charge in [0.2, 0.25) is 5.95 Å². The van der Waals surface area contributed by atoms with Crippen molar-refractivity contribution in [2.45, 2.75) is 13.0 Å². The van der Waals surface area contributed by atoms with E-state index in [-0.39, 0.29) is 11.5 Å². The standard InChI is InChI=1S/C15H13N5O4/c1-9(20-8-10(7-17-20)14(22)23)13(21)19-15-16-5-4-11(18-15)12-3-2-6-24-12/h2-9H,1H3,(H,22,23)(H,16,18,19,21). The summed E-state index contributed by atoms with van der Waals surface area (Å²) in [7, 11) is 0. The van der Waals surface area contributed by atoms with Crippen molar-refractivity contribution in [1.82, 2.24) is 19.7 Å². The number of carbonyl (C=O) groups excluding carboxylic acids is 1. The van der Waals surface area contributed by atoms with Gasteiger partial charge in [-0.25, -0.2) is 14.8 Å². The molecule has 24 heavy (non-hydrogen) atoms. The van der Waals surface area contributed by atoms with Crippen LogP contribution in [-0.2, 0) is 4.79 Å². The van der Waals surface area contributed by atoms with E-state index in [1.165, 1.54) is 29.5 Å². The number of aromatic carboxylic acids is 1. The molecule has 1 atom stereocenters. The van der Waals surface area contributed by atoms with Crippen LogP contribution in [0.1, 0.15) is 23.3 Å². The lowest BCUT2D eigenvalue weighted by atomic mass is 10.3. The molecule has 0 aliphatic carbocycles. The summed E-state index contributed by atoms with van der Waals surface area (Å²) in [6.07, 6.45) is 5.49. The quantitative estimate of drug-likeness (QED) is 0.732. The lowest BCUT2D eigenvalue weighted by Crippen LogP contribution is -2.25. The van der Waals surface area contributed by atoms with Gasteiger partial charge in [0.15, 0.2) is 5.76 Å². The topological polar surface area (TPSA) is 123 Å². The Hall–Kier alpha value is -3.49. The van der Waals surface area contributed by atoms with E-state index < -0.39 is 17.9 Å². The van der Waals surface area contributed by atoms with E-state index in [9.17, 15) is 9.59 Å². The summed E-state index contributed by atoms with van der Waals surface area (Å²) in [5.41, 5.74) is 0.538. The molecule has 3 aromatic rings. The number of carboxylic acid groups (broad SMARTS) is 1. The van der Waals surface area contributed by atoms with Crippen molar-refractivity contribution in [3.8, 4) is 11.5 Å². The number of hydrogen-bond donors (Lipinski definition) is 2. The number of anilines is 1. The maximum Gasteiger partial charge on any atom is 0.338 e. The highest BCUT2D eigenvalue weighted by atomic mass is 16.4. The maximum atomic E-state index is 12.3. The van der Waals surface area contributed by atoms with Crippen LogP contribution >= 0.6 is 0 Å². The van der Waals surface area contributed by atoms with Gasteiger partial charge < -0.3 is 9.52 Å². The second kappa shape index (κ2) is 6.32. The van der Waals surface area contributed by atoms with Crippen molar-refractivity contribution in [3.63, 3.8) is 0 Å². The first-order valence-corrected chi connectivity index (χ1v) is 7.00. The Kier molecular flexibility index (Phi) is 4.06. The molecule has 0 saturated heterocycles. The van der Waals surface area contributed by atoms with Gasteiger partial charge >= 0.3 is 5.97 Å². The van der Waals surface area contributed by atoms with E-state index in [2.05, 4.69) is 20.4 Å². The second-order valence-corrected chi connectivity index (χ2v) is 4.92. The Labute approximate surface area is 136 Å². The van der Waals surface area contributed by atoms with Gasteiger partial charge in [0.25, 0.3) is 5.91 Å². The summed E-state index contributed by atoms with van der Waals surface area (Å²) in [6, 6.07) is 4.40. The molecule has 0 saturated carbocycles. The predicted molar refractivity (Wildman–Crippen MR) is 82.3 cm³/mol. The first kappa shape index (κ1) is 15.4. The molecule has 0 aliphatic rings. The number of hydrogen-bond acceptors (Lipinski definition) is 6. The highest BCUT2D eigenvalue weighted by Gasteiger charge is 2.19. The summed E-state index contributed by atoms with van der Waals surface area (Å²) in [4.78, 5) is 31.3. The number of furan rings is 1. The lowest BCUT2D eigenvalue weighted by molar-refractivity contribution is -0.119. The third-order valence-corrected chi connectivity index (χ3v) is 3.29. The molecule has 1 unspecified atom stereocenters. The smallest absolute Gasteiger partial charge is 0.338 e. The highest BCUT2D eigenvalue weighted by Crippen LogP contribution is 2.18. The molecule has 0 radical (unpaired) electrons. The SMILES string of the molecule is CC(C(=O)Nc1nccc(-c2ccco2)n1)n1cc(C(=O)O)cn1. The van der Waals surface area contributed by atoms with Gasteiger partial charge in [-0.15, -0.1) is 0 Å². The number of aromatic nitrogens is 4. The van der Waals surface area contributed by atoms with Crippen LogP contribution in [0.2, 0.25) is 0 Å². The van der Waals surface area contributed by atoms with Gasteiger partial charge in [-0.1, -0.05) is 0 Å². The van der Waals surface area contributed by atoms with Crippen LogP contribution in [0.15, 0.2) is 47.5 Å². The molecular formula is C15H13N5O4. The molecule has 0 spiro atoms. The molecule has 0 aromatic carbocycles. The molecule has 9 nitrogen and oxygen atoms in total. The maximum absolute atomic E-state index is 12.3. The van der Waals surface area contributed by atoms with Crippen molar-refractivity contribution >= 4 is 17.8 Å². The van der Waals surface area contributed by atoms with Crippen LogP contribution < -0.4 is 5.32 Å². The van der Waals surface area contributed by atoms with Crippen LogP contribution in [0, 0.1) is 0 Å². The van der Waals surface area contributed by atoms with Crippen LogP contribution in [0.3, 0.4) is 0 Å². The first-order chi connectivity index (χ1) is 11.5. The number of carbonyl (C=O) groups is 2. The zero-order valence-electron chi connectivity index (χ0n) is 12.6. The molecule has 1 amide bonds. The molecule has 2 N–H and O–H groups in total. The summed E-state index contributed by atoms with van der Waals surface area (Å²) in [6.45, 7) is 1.59. The fourth-order valence-corrected chi connectivity index (χ4v) is 1.98. The molecule has 3 heterocycles. The summed E-state index contributed by atoms with van der Waals surface area (Å²) < 4.78 is 6.51. The van der Waals surface area contributed by atoms with Crippen LogP contribution in [-0.4, -0.2) is 36.7 Å². The number of rotatable bonds is 5. The van der Waals surface area contributed by atoms with Gasteiger partial charge in [-0.05, 0) is 25.1 Å². The number of carboxylic acids is 1. The number of amides is 1. The highest BCUT2D eigenvalue weighted by molar-refractivity contribution is 5.92. The summed E-state index contributed by atoms with van der Waals surface area (Å²) >= 11 is 0. The molecular weight excluding hydrogens is 314 g/mol. The van der Waals surface area contributed by atoms with Gasteiger partial charge in [0.1, 0.15) is 11.7 Å². The fraction of sp³-hybridized carbons (Fsp3) is 0.133. The van der Waals surface area contributed by atoms with E-state index in [0.717, 1.165) is 0 Å². The largest absolute Gasteiger partial charge is 0.478 e. The Morgan fingerprint density at radius 2 is 2.21 bits per heavy atom. The molecule has 122 valence electrons. The molecule has 0 fully saturated rings. The molecule has 0 bridgehead atoms. The lowest BCUT2D eigenvalue weighted by Gasteiger charge is -2.11. The minimum atomic E-state index is -1.11. The van der Waals surface area contributed by atoms with E-state index in [0.29, 0.717) is 11.5 Å². The number of nitrogens with one attached hydrogen (secondary N) is 1. The van der Waals surface area contributed by atoms with Crippen molar-refractivity contribution in [1.29, 1.82) is 0 Å². The second-order valence-electron chi connectivity index (χ2n) is 4.92. The van der Waals surface area contributed by atoms with Crippen LogP contribution in [0.4, 0.5) is 5.95 Å². The Bertz CT molecular complexity index is 872. The molecule has 0 aliphatic heterocycles. The molecule has 3 rings (SSSR count). The van der Waals surface area contributed by atoms with E-state index in [4.69, 9.17) is 9.52 Å². The minimum Gasteiger partial charge on any atom is -0.478 e. The van der Waals surface area contributed by atoms with Crippen molar-refractivity contribution in [2.75, 3.05) is 5.32 Å². The van der Waals surface area contributed by atoms with Crippen molar-refractivity contribution in [2.24, 2.45) is 0 Å². The van der Waals surface area contributed by atoms with E-state index >= 15 is 0 Å². The Morgan fingerprint density at radius 3 is 2.88 bits per heavy atom. The van der Waals surface area contributed by atoms with Gasteiger partial charge in [0.05, 0.1) is 18.0 Å². The minimum absolute atomic E-state index is 0.00529. The normalized spacial score (nSPS) is 11.9. The summed E-state index contributed by atoms with van der Waals surface area (Å²) in [5, 5.41) is 15.3. The zero-order chi connectivity index (χ0) is 17.1. The first-order valence-electron chi connectivity index (χ1n) is 7.00. The van der Waals surface area contributed by atoms with E-state index in [1.807, 2.05) is 0 Å². The third-order valence-electron chi connectivity index (χ3n) is 3.29. The average molecular weight is 327 g/mol. The molecule has 3 aromatic heterocycles. The van der Waals surface area contributed by atoms with Gasteiger partial charge in [-0.2, -0.15) is 5.10 Å². The van der Waals surface area contributed by atoms with Gasteiger partial charge in [0, 0.05) is 12.4 Å². The van der Waals surface area contributed by atoms with E-state index in [1.54, 1.807) is 25.1 Å².